The van der Waals surface area contributed by atoms with E-state index in [9.17, 15) is 9.90 Å². The highest BCUT2D eigenvalue weighted by Crippen LogP contribution is 2.43. The van der Waals surface area contributed by atoms with Crippen molar-refractivity contribution in [2.24, 2.45) is 0 Å². The highest BCUT2D eigenvalue weighted by molar-refractivity contribution is 5.95. The Bertz CT molecular complexity index is 851. The minimum absolute atomic E-state index is 0.0561. The molecule has 0 saturated carbocycles. The van der Waals surface area contributed by atoms with E-state index in [1.807, 2.05) is 23.2 Å². The second-order valence-electron chi connectivity index (χ2n) is 8.30. The van der Waals surface area contributed by atoms with Gasteiger partial charge in [-0.05, 0) is 52.2 Å². The molecule has 152 valence electrons. The van der Waals surface area contributed by atoms with Gasteiger partial charge in [-0.25, -0.2) is 0 Å². The molecule has 1 N–H and O–H groups in total. The quantitative estimate of drug-likeness (QED) is 0.821. The smallest absolute Gasteiger partial charge is 0.224 e. The van der Waals surface area contributed by atoms with E-state index in [1.165, 1.54) is 0 Å². The number of anilines is 1. The minimum Gasteiger partial charge on any atom is -0.493 e. The van der Waals surface area contributed by atoms with Crippen LogP contribution in [0.25, 0.3) is 11.1 Å². The molecule has 28 heavy (non-hydrogen) atoms. The molecule has 1 aromatic carbocycles. The third kappa shape index (κ3) is 4.22. The number of hydrogen-bond donors (Lipinski definition) is 1. The number of rotatable bonds is 6. The summed E-state index contributed by atoms with van der Waals surface area (Å²) >= 11 is 0. The molecule has 6 nitrogen and oxygen atoms in total. The molecule has 0 aliphatic carbocycles. The van der Waals surface area contributed by atoms with E-state index in [4.69, 9.17) is 4.74 Å². The zero-order valence-corrected chi connectivity index (χ0v) is 17.5. The lowest BCUT2D eigenvalue weighted by atomic mass is 9.92. The van der Waals surface area contributed by atoms with Crippen LogP contribution in [0.4, 0.5) is 5.69 Å². The maximum Gasteiger partial charge on any atom is 0.224 e. The average Bonchev–Trinajstić information content (AvgIpc) is 3.05. The maximum atomic E-state index is 12.2. The van der Waals surface area contributed by atoms with Crippen molar-refractivity contribution in [2.75, 3.05) is 11.5 Å². The van der Waals surface area contributed by atoms with Gasteiger partial charge in [-0.1, -0.05) is 6.92 Å². The lowest BCUT2D eigenvalue weighted by Gasteiger charge is -2.36. The zero-order chi connectivity index (χ0) is 20.5. The second kappa shape index (κ2) is 7.95. The lowest BCUT2D eigenvalue weighted by molar-refractivity contribution is -0.117. The van der Waals surface area contributed by atoms with Crippen LogP contribution in [0.15, 0.2) is 24.5 Å². The van der Waals surface area contributed by atoms with Crippen LogP contribution in [0.1, 0.15) is 53.0 Å². The van der Waals surface area contributed by atoms with Gasteiger partial charge >= 0.3 is 0 Å². The minimum atomic E-state index is -0.835. The summed E-state index contributed by atoms with van der Waals surface area (Å²) < 4.78 is 7.94. The highest BCUT2D eigenvalue weighted by Gasteiger charge is 2.30. The molecule has 0 saturated heterocycles. The van der Waals surface area contributed by atoms with Crippen molar-refractivity contribution in [3.63, 3.8) is 0 Å². The van der Waals surface area contributed by atoms with Crippen molar-refractivity contribution in [1.29, 1.82) is 0 Å². The van der Waals surface area contributed by atoms with Gasteiger partial charge in [0, 0.05) is 35.9 Å². The molecule has 1 amide bonds. The molecule has 0 radical (unpaired) electrons. The number of carbonyl (C=O) groups is 1. The molecule has 1 atom stereocenters. The number of aromatic nitrogens is 2. The number of fused-ring (bicyclic) bond motifs is 1. The fourth-order valence-corrected chi connectivity index (χ4v) is 3.87. The summed E-state index contributed by atoms with van der Waals surface area (Å²) in [5, 5.41) is 14.5. The van der Waals surface area contributed by atoms with E-state index in [2.05, 4.69) is 18.9 Å². The first-order valence-electron chi connectivity index (χ1n) is 10.0. The van der Waals surface area contributed by atoms with Gasteiger partial charge < -0.3 is 14.7 Å². The first kappa shape index (κ1) is 20.4. The van der Waals surface area contributed by atoms with Gasteiger partial charge in [-0.2, -0.15) is 5.10 Å². The van der Waals surface area contributed by atoms with Gasteiger partial charge in [-0.15, -0.1) is 0 Å². The molecule has 1 aliphatic rings. The van der Waals surface area contributed by atoms with Crippen LogP contribution < -0.4 is 9.64 Å². The third-order valence-electron chi connectivity index (χ3n) is 5.03. The summed E-state index contributed by atoms with van der Waals surface area (Å²) in [7, 11) is 0. The van der Waals surface area contributed by atoms with Gasteiger partial charge in [0.25, 0.3) is 0 Å². The van der Waals surface area contributed by atoms with E-state index in [1.54, 1.807) is 31.6 Å². The predicted molar refractivity (Wildman–Crippen MR) is 111 cm³/mol. The fraction of sp³-hybridized carbons (Fsp3) is 0.545. The standard InChI is InChI=1S/C22H31N3O3/c1-6-11-28-21-18(17-12-23-24(13-17)14-22(4,5)27)9-10-20-19(21)8-7-15(2)25(20)16(3)26/h9-10,12-13,15,27H,6-8,11,14H2,1-5H3/t15-/m0/s1. The molecule has 0 fully saturated rings. The van der Waals surface area contributed by atoms with Gasteiger partial charge in [0.15, 0.2) is 0 Å². The van der Waals surface area contributed by atoms with E-state index in [0.717, 1.165) is 47.4 Å². The Morgan fingerprint density at radius 1 is 1.39 bits per heavy atom. The molecule has 0 bridgehead atoms. The fourth-order valence-electron chi connectivity index (χ4n) is 3.87. The van der Waals surface area contributed by atoms with Crippen LogP contribution in [-0.2, 0) is 17.8 Å². The first-order chi connectivity index (χ1) is 13.2. The topological polar surface area (TPSA) is 67.6 Å². The van der Waals surface area contributed by atoms with Crippen molar-refractivity contribution in [3.8, 4) is 16.9 Å². The number of benzene rings is 1. The van der Waals surface area contributed by atoms with Crippen molar-refractivity contribution >= 4 is 11.6 Å². The van der Waals surface area contributed by atoms with Gasteiger partial charge in [-0.3, -0.25) is 9.48 Å². The first-order valence-corrected chi connectivity index (χ1v) is 10.0. The van der Waals surface area contributed by atoms with Crippen LogP contribution >= 0.6 is 0 Å². The summed E-state index contributed by atoms with van der Waals surface area (Å²) in [5.41, 5.74) is 3.14. The lowest BCUT2D eigenvalue weighted by Crippen LogP contribution is -2.40. The van der Waals surface area contributed by atoms with Crippen LogP contribution in [0.2, 0.25) is 0 Å². The second-order valence-corrected chi connectivity index (χ2v) is 8.30. The van der Waals surface area contributed by atoms with Gasteiger partial charge in [0.05, 0.1) is 30.6 Å². The number of carbonyl (C=O) groups excluding carboxylic acids is 1. The Morgan fingerprint density at radius 3 is 2.79 bits per heavy atom. The number of nitrogens with zero attached hydrogens (tertiary/aromatic N) is 3. The monoisotopic (exact) mass is 385 g/mol. The molecule has 2 heterocycles. The van der Waals surface area contributed by atoms with Crippen molar-refractivity contribution in [2.45, 2.75) is 72.1 Å². The van der Waals surface area contributed by atoms with E-state index >= 15 is 0 Å². The summed E-state index contributed by atoms with van der Waals surface area (Å²) in [6.45, 7) is 10.4. The average molecular weight is 386 g/mol. The summed E-state index contributed by atoms with van der Waals surface area (Å²) in [6, 6.07) is 4.22. The Morgan fingerprint density at radius 2 is 2.14 bits per heavy atom. The van der Waals surface area contributed by atoms with Crippen LogP contribution in [0.3, 0.4) is 0 Å². The largest absolute Gasteiger partial charge is 0.493 e. The molecular formula is C22H31N3O3. The van der Waals surface area contributed by atoms with Gasteiger partial charge in [0.2, 0.25) is 5.91 Å². The predicted octanol–water partition coefficient (Wildman–Crippen LogP) is 3.80. The molecule has 6 heteroatoms. The Labute approximate surface area is 167 Å². The molecule has 0 spiro atoms. The molecule has 1 aliphatic heterocycles. The van der Waals surface area contributed by atoms with E-state index < -0.39 is 5.60 Å². The Kier molecular flexibility index (Phi) is 5.79. The van der Waals surface area contributed by atoms with E-state index in [0.29, 0.717) is 13.2 Å². The number of hydrogen-bond acceptors (Lipinski definition) is 4. The summed E-state index contributed by atoms with van der Waals surface area (Å²) in [6.07, 6.45) is 6.45. The Hall–Kier alpha value is -2.34. The van der Waals surface area contributed by atoms with Crippen LogP contribution in [0, 0.1) is 0 Å². The molecule has 3 rings (SSSR count). The van der Waals surface area contributed by atoms with Crippen molar-refractivity contribution in [3.05, 3.63) is 30.1 Å². The molecule has 0 unspecified atom stereocenters. The van der Waals surface area contributed by atoms with Gasteiger partial charge in [0.1, 0.15) is 5.75 Å². The SMILES string of the molecule is CCCOc1c(-c2cnn(CC(C)(C)O)c2)ccc2c1CC[C@H](C)N2C(C)=O. The third-order valence-corrected chi connectivity index (χ3v) is 5.03. The van der Waals surface area contributed by atoms with Crippen LogP contribution in [0.5, 0.6) is 5.75 Å². The van der Waals surface area contributed by atoms with E-state index in [-0.39, 0.29) is 11.9 Å². The normalized spacial score (nSPS) is 16.8. The van der Waals surface area contributed by atoms with Crippen molar-refractivity contribution in [1.82, 2.24) is 9.78 Å². The molecule has 2 aromatic rings. The molecular weight excluding hydrogens is 354 g/mol. The Balaban J connectivity index is 2.06. The zero-order valence-electron chi connectivity index (χ0n) is 17.5. The highest BCUT2D eigenvalue weighted by atomic mass is 16.5. The van der Waals surface area contributed by atoms with Crippen LogP contribution in [-0.4, -0.2) is 39.0 Å². The maximum absolute atomic E-state index is 12.2. The number of aliphatic hydroxyl groups is 1. The molecule has 1 aromatic heterocycles. The number of ether oxygens (including phenoxy) is 1. The summed E-state index contributed by atoms with van der Waals surface area (Å²) in [4.78, 5) is 14.1. The summed E-state index contributed by atoms with van der Waals surface area (Å²) in [5.74, 6) is 0.904. The van der Waals surface area contributed by atoms with Crippen molar-refractivity contribution < 1.29 is 14.6 Å². The number of amides is 1.